The quantitative estimate of drug-likeness (QED) is 0.706. The fourth-order valence-corrected chi connectivity index (χ4v) is 2.91. The van der Waals surface area contributed by atoms with Crippen LogP contribution in [0.3, 0.4) is 0 Å². The number of carbonyl (C=O) groups excluding carboxylic acids is 2. The van der Waals surface area contributed by atoms with Gasteiger partial charge in [-0.2, -0.15) is 0 Å². The van der Waals surface area contributed by atoms with Crippen LogP contribution in [0, 0.1) is 10.8 Å². The zero-order valence-corrected chi connectivity index (χ0v) is 14.1. The number of carbonyl (C=O) groups is 2. The lowest BCUT2D eigenvalue weighted by Crippen LogP contribution is -2.19. The number of allylic oxidation sites excluding steroid dienone is 8. The maximum absolute atomic E-state index is 11.9. The Labute approximate surface area is 133 Å². The second-order valence-corrected chi connectivity index (χ2v) is 7.74. The molecule has 0 aromatic carbocycles. The average molecular weight is 298 g/mol. The monoisotopic (exact) mass is 298 g/mol. The predicted molar refractivity (Wildman–Crippen MR) is 90.5 cm³/mol. The van der Waals surface area contributed by atoms with Gasteiger partial charge in [-0.25, -0.2) is 0 Å². The van der Waals surface area contributed by atoms with Gasteiger partial charge in [-0.15, -0.1) is 0 Å². The van der Waals surface area contributed by atoms with Crippen molar-refractivity contribution in [1.82, 2.24) is 0 Å². The molecule has 0 N–H and O–H groups in total. The van der Waals surface area contributed by atoms with Gasteiger partial charge in [0.25, 0.3) is 0 Å². The van der Waals surface area contributed by atoms with Gasteiger partial charge < -0.3 is 0 Å². The smallest absolute Gasteiger partial charge is 0.162 e. The fourth-order valence-electron chi connectivity index (χ4n) is 2.91. The average Bonchev–Trinajstić information content (AvgIpc) is 2.42. The molecule has 2 nitrogen and oxygen atoms in total. The van der Waals surface area contributed by atoms with Gasteiger partial charge in [0.15, 0.2) is 11.6 Å². The highest BCUT2D eigenvalue weighted by Crippen LogP contribution is 2.32. The molecule has 118 valence electrons. The Hall–Kier alpha value is -1.70. The fraction of sp³-hybridized carbons (Fsp3) is 0.500. The molecule has 2 aliphatic rings. The molecule has 0 atom stereocenters. The van der Waals surface area contributed by atoms with Crippen LogP contribution in [0.1, 0.15) is 53.4 Å². The third-order valence-electron chi connectivity index (χ3n) is 4.39. The Kier molecular flexibility index (Phi) is 4.69. The molecule has 0 saturated carbocycles. The molecule has 0 spiro atoms. The summed E-state index contributed by atoms with van der Waals surface area (Å²) in [6, 6.07) is 0. The SMILES string of the molecule is CC1(C)C=C(/C=C\C=C/C2=CC(C)(C)CCC2=O)C(=O)CC1. The first-order valence-corrected chi connectivity index (χ1v) is 8.05. The van der Waals surface area contributed by atoms with Gasteiger partial charge in [0, 0.05) is 24.0 Å². The van der Waals surface area contributed by atoms with Gasteiger partial charge >= 0.3 is 0 Å². The molecular weight excluding hydrogens is 272 g/mol. The normalized spacial score (nSPS) is 24.7. The van der Waals surface area contributed by atoms with Crippen LogP contribution in [0.2, 0.25) is 0 Å². The van der Waals surface area contributed by atoms with Crippen molar-refractivity contribution in [3.8, 4) is 0 Å². The summed E-state index contributed by atoms with van der Waals surface area (Å²) in [7, 11) is 0. The van der Waals surface area contributed by atoms with E-state index in [-0.39, 0.29) is 22.4 Å². The lowest BCUT2D eigenvalue weighted by Gasteiger charge is -2.25. The molecule has 0 aliphatic heterocycles. The van der Waals surface area contributed by atoms with Crippen LogP contribution in [-0.4, -0.2) is 11.6 Å². The Balaban J connectivity index is 2.09. The molecule has 0 fully saturated rings. The van der Waals surface area contributed by atoms with E-state index in [4.69, 9.17) is 0 Å². The maximum atomic E-state index is 11.9. The first kappa shape index (κ1) is 16.7. The molecule has 0 bridgehead atoms. The lowest BCUT2D eigenvalue weighted by molar-refractivity contribution is -0.117. The standard InChI is InChI=1S/C20H26O2/c1-19(2)11-9-17(21)15(13-19)7-5-6-8-16-14-20(3,4)12-10-18(16)22/h5-8,13-14H,9-12H2,1-4H3/b7-5-,8-6-. The molecule has 0 saturated heterocycles. The molecule has 2 heteroatoms. The van der Waals surface area contributed by atoms with E-state index in [2.05, 4.69) is 39.8 Å². The van der Waals surface area contributed by atoms with E-state index in [0.29, 0.717) is 12.8 Å². The molecule has 2 rings (SSSR count). The first-order valence-electron chi connectivity index (χ1n) is 8.05. The summed E-state index contributed by atoms with van der Waals surface area (Å²) in [4.78, 5) is 23.8. The van der Waals surface area contributed by atoms with Gasteiger partial charge in [-0.1, -0.05) is 64.2 Å². The molecule has 0 aromatic rings. The van der Waals surface area contributed by atoms with Gasteiger partial charge in [-0.05, 0) is 23.7 Å². The van der Waals surface area contributed by atoms with Crippen molar-refractivity contribution in [2.75, 3.05) is 0 Å². The van der Waals surface area contributed by atoms with Crippen molar-refractivity contribution in [2.45, 2.75) is 53.4 Å². The minimum absolute atomic E-state index is 0.0865. The van der Waals surface area contributed by atoms with Gasteiger partial charge in [0.2, 0.25) is 0 Å². The van der Waals surface area contributed by atoms with Crippen LogP contribution in [0.25, 0.3) is 0 Å². The summed E-state index contributed by atoms with van der Waals surface area (Å²) in [5.41, 5.74) is 1.74. The maximum Gasteiger partial charge on any atom is 0.162 e. The summed E-state index contributed by atoms with van der Waals surface area (Å²) in [6.07, 6.45) is 14.6. The molecular formula is C20H26O2. The zero-order valence-electron chi connectivity index (χ0n) is 14.1. The first-order chi connectivity index (χ1) is 10.2. The van der Waals surface area contributed by atoms with Crippen molar-refractivity contribution in [2.24, 2.45) is 10.8 Å². The van der Waals surface area contributed by atoms with Crippen LogP contribution in [-0.2, 0) is 9.59 Å². The molecule has 0 unspecified atom stereocenters. The highest BCUT2D eigenvalue weighted by Gasteiger charge is 2.25. The summed E-state index contributed by atoms with van der Waals surface area (Å²) in [6.45, 7) is 8.60. The third-order valence-corrected chi connectivity index (χ3v) is 4.39. The topological polar surface area (TPSA) is 34.1 Å². The largest absolute Gasteiger partial charge is 0.294 e. The molecule has 0 amide bonds. The van der Waals surface area contributed by atoms with E-state index in [1.54, 1.807) is 0 Å². The second-order valence-electron chi connectivity index (χ2n) is 7.74. The number of Topliss-reactive ketones (excluding diaryl/α,β-unsaturated/α-hetero) is 2. The van der Waals surface area contributed by atoms with E-state index < -0.39 is 0 Å². The van der Waals surface area contributed by atoms with E-state index >= 15 is 0 Å². The molecule has 0 radical (unpaired) electrons. The van der Waals surface area contributed by atoms with E-state index in [1.165, 1.54) is 0 Å². The predicted octanol–water partition coefficient (Wildman–Crippen LogP) is 4.73. The highest BCUT2D eigenvalue weighted by molar-refractivity contribution is 5.99. The second kappa shape index (κ2) is 6.20. The number of hydrogen-bond donors (Lipinski definition) is 0. The van der Waals surface area contributed by atoms with Crippen LogP contribution in [0.4, 0.5) is 0 Å². The van der Waals surface area contributed by atoms with Crippen molar-refractivity contribution in [3.63, 3.8) is 0 Å². The summed E-state index contributed by atoms with van der Waals surface area (Å²) < 4.78 is 0. The number of hydrogen-bond acceptors (Lipinski definition) is 2. The van der Waals surface area contributed by atoms with E-state index in [1.807, 2.05) is 24.3 Å². The molecule has 0 aromatic heterocycles. The van der Waals surface area contributed by atoms with Crippen LogP contribution in [0.5, 0.6) is 0 Å². The highest BCUT2D eigenvalue weighted by atomic mass is 16.1. The molecule has 2 aliphatic carbocycles. The Morgan fingerprint density at radius 2 is 1.14 bits per heavy atom. The number of rotatable bonds is 3. The Bertz CT molecular complexity index is 541. The lowest BCUT2D eigenvalue weighted by atomic mass is 9.79. The van der Waals surface area contributed by atoms with E-state index in [9.17, 15) is 9.59 Å². The van der Waals surface area contributed by atoms with Crippen molar-refractivity contribution < 1.29 is 9.59 Å². The Morgan fingerprint density at radius 3 is 1.50 bits per heavy atom. The van der Waals surface area contributed by atoms with Crippen LogP contribution in [0.15, 0.2) is 47.6 Å². The van der Waals surface area contributed by atoms with Gasteiger partial charge in [0.1, 0.15) is 0 Å². The van der Waals surface area contributed by atoms with Crippen LogP contribution < -0.4 is 0 Å². The van der Waals surface area contributed by atoms with Crippen LogP contribution >= 0.6 is 0 Å². The van der Waals surface area contributed by atoms with Crippen molar-refractivity contribution in [3.05, 3.63) is 47.6 Å². The minimum atomic E-state index is 0.0865. The summed E-state index contributed by atoms with van der Waals surface area (Å²) >= 11 is 0. The van der Waals surface area contributed by atoms with Crippen molar-refractivity contribution in [1.29, 1.82) is 0 Å². The number of ketones is 2. The van der Waals surface area contributed by atoms with Crippen molar-refractivity contribution >= 4 is 11.6 Å². The zero-order chi connectivity index (χ0) is 16.4. The Morgan fingerprint density at radius 1 is 0.773 bits per heavy atom. The summed E-state index contributed by atoms with van der Waals surface area (Å²) in [5.74, 6) is 0.413. The van der Waals surface area contributed by atoms with Gasteiger partial charge in [0.05, 0.1) is 0 Å². The minimum Gasteiger partial charge on any atom is -0.294 e. The van der Waals surface area contributed by atoms with E-state index in [0.717, 1.165) is 24.0 Å². The molecule has 22 heavy (non-hydrogen) atoms. The molecule has 0 heterocycles. The third kappa shape index (κ3) is 4.40. The van der Waals surface area contributed by atoms with Gasteiger partial charge in [-0.3, -0.25) is 9.59 Å². The summed E-state index contributed by atoms with van der Waals surface area (Å²) in [5, 5.41) is 0.